The van der Waals surface area contributed by atoms with Crippen LogP contribution in [0.25, 0.3) is 10.9 Å². The molecule has 0 bridgehead atoms. The maximum atomic E-state index is 5.48. The number of piperidine rings is 1. The smallest absolute Gasteiger partial charge is 0.224 e. The highest BCUT2D eigenvalue weighted by molar-refractivity contribution is 5.93. The maximum Gasteiger partial charge on any atom is 0.224 e. The highest BCUT2D eigenvalue weighted by Gasteiger charge is 2.23. The number of methoxy groups -OCH3 is 2. The summed E-state index contributed by atoms with van der Waals surface area (Å²) in [7, 11) is 5.14. The van der Waals surface area contributed by atoms with E-state index in [2.05, 4.69) is 22.1 Å². The molecule has 136 valence electrons. The summed E-state index contributed by atoms with van der Waals surface area (Å²) in [6.45, 7) is 4.34. The topological polar surface area (TPSA) is 59.5 Å². The number of nitrogens with one attached hydrogen (secondary N) is 1. The highest BCUT2D eigenvalue weighted by atomic mass is 16.5. The van der Waals surface area contributed by atoms with Crippen molar-refractivity contribution < 1.29 is 9.47 Å². The molecule has 0 spiro atoms. The van der Waals surface area contributed by atoms with Crippen LogP contribution in [0.15, 0.2) is 12.1 Å². The normalized spacial score (nSPS) is 15.4. The molecule has 1 aliphatic heterocycles. The lowest BCUT2D eigenvalue weighted by Crippen LogP contribution is -2.34. The van der Waals surface area contributed by atoms with Crippen LogP contribution in [0.2, 0.25) is 0 Å². The van der Waals surface area contributed by atoms with Gasteiger partial charge in [-0.05, 0) is 24.8 Å². The molecule has 1 aliphatic rings. The average Bonchev–Trinajstić information content (AvgIpc) is 2.66. The summed E-state index contributed by atoms with van der Waals surface area (Å²) in [5.74, 6) is 3.84. The molecule has 25 heavy (non-hydrogen) atoms. The Morgan fingerprint density at radius 3 is 2.40 bits per heavy atom. The second-order valence-electron chi connectivity index (χ2n) is 6.56. The highest BCUT2D eigenvalue weighted by Crippen LogP contribution is 2.37. The van der Waals surface area contributed by atoms with Gasteiger partial charge < -0.3 is 19.7 Å². The van der Waals surface area contributed by atoms with Crippen LogP contribution in [0.5, 0.6) is 11.5 Å². The predicted molar refractivity (Wildman–Crippen MR) is 102 cm³/mol. The van der Waals surface area contributed by atoms with Crippen LogP contribution < -0.4 is 19.7 Å². The SMILES string of the molecule is CCCC1CCN(c2nc(NC)nc3cc(OC)c(OC)cc23)CC1. The van der Waals surface area contributed by atoms with Gasteiger partial charge in [0.05, 0.1) is 19.7 Å². The zero-order chi connectivity index (χ0) is 17.8. The first kappa shape index (κ1) is 17.6. The fourth-order valence-electron chi connectivity index (χ4n) is 3.63. The second-order valence-corrected chi connectivity index (χ2v) is 6.56. The minimum Gasteiger partial charge on any atom is -0.493 e. The minimum atomic E-state index is 0.630. The number of benzene rings is 1. The van der Waals surface area contributed by atoms with Gasteiger partial charge in [0, 0.05) is 31.6 Å². The van der Waals surface area contributed by atoms with Crippen LogP contribution in [-0.4, -0.2) is 44.3 Å². The van der Waals surface area contributed by atoms with E-state index in [4.69, 9.17) is 14.5 Å². The predicted octanol–water partition coefficient (Wildman–Crippen LogP) is 3.71. The average molecular weight is 344 g/mol. The van der Waals surface area contributed by atoms with Crippen LogP contribution in [0.3, 0.4) is 0 Å². The lowest BCUT2D eigenvalue weighted by molar-refractivity contribution is 0.355. The Morgan fingerprint density at radius 1 is 1.12 bits per heavy atom. The van der Waals surface area contributed by atoms with Crippen molar-refractivity contribution in [3.8, 4) is 11.5 Å². The Kier molecular flexibility index (Phi) is 5.46. The zero-order valence-corrected chi connectivity index (χ0v) is 15.6. The number of rotatable bonds is 6. The van der Waals surface area contributed by atoms with Gasteiger partial charge in [-0.2, -0.15) is 4.98 Å². The Hall–Kier alpha value is -2.24. The Bertz CT molecular complexity index is 727. The molecule has 0 radical (unpaired) electrons. The number of fused-ring (bicyclic) bond motifs is 1. The molecule has 1 aromatic carbocycles. The third-order valence-electron chi connectivity index (χ3n) is 5.02. The molecular formula is C19H28N4O2. The maximum absolute atomic E-state index is 5.48. The van der Waals surface area contributed by atoms with Crippen molar-refractivity contribution in [1.82, 2.24) is 9.97 Å². The Balaban J connectivity index is 2.01. The summed E-state index contributed by atoms with van der Waals surface area (Å²) in [6, 6.07) is 3.91. The van der Waals surface area contributed by atoms with Gasteiger partial charge in [0.1, 0.15) is 5.82 Å². The molecule has 2 aromatic rings. The first-order valence-corrected chi connectivity index (χ1v) is 9.06. The Morgan fingerprint density at radius 2 is 1.80 bits per heavy atom. The van der Waals surface area contributed by atoms with E-state index < -0.39 is 0 Å². The molecule has 6 nitrogen and oxygen atoms in total. The lowest BCUT2D eigenvalue weighted by Gasteiger charge is -2.33. The minimum absolute atomic E-state index is 0.630. The van der Waals surface area contributed by atoms with E-state index in [0.29, 0.717) is 17.4 Å². The molecular weight excluding hydrogens is 316 g/mol. The van der Waals surface area contributed by atoms with Gasteiger partial charge in [0.2, 0.25) is 5.95 Å². The lowest BCUT2D eigenvalue weighted by atomic mass is 9.92. The molecule has 0 aliphatic carbocycles. The fraction of sp³-hybridized carbons (Fsp3) is 0.579. The van der Waals surface area contributed by atoms with E-state index in [9.17, 15) is 0 Å². The van der Waals surface area contributed by atoms with Crippen molar-refractivity contribution in [2.75, 3.05) is 44.6 Å². The molecule has 0 atom stereocenters. The third kappa shape index (κ3) is 3.57. The van der Waals surface area contributed by atoms with Gasteiger partial charge in [-0.3, -0.25) is 0 Å². The van der Waals surface area contributed by atoms with Crippen molar-refractivity contribution in [2.24, 2.45) is 5.92 Å². The van der Waals surface area contributed by atoms with Crippen LogP contribution in [-0.2, 0) is 0 Å². The van der Waals surface area contributed by atoms with Crippen LogP contribution in [0.4, 0.5) is 11.8 Å². The molecule has 0 amide bonds. The number of hydrogen-bond donors (Lipinski definition) is 1. The summed E-state index contributed by atoms with van der Waals surface area (Å²) < 4.78 is 10.9. The standard InChI is InChI=1S/C19H28N4O2/c1-5-6-13-7-9-23(10-8-13)18-14-11-16(24-3)17(25-4)12-15(14)21-19(20-2)22-18/h11-13H,5-10H2,1-4H3,(H,20,21,22). The third-order valence-corrected chi connectivity index (χ3v) is 5.02. The number of anilines is 2. The monoisotopic (exact) mass is 344 g/mol. The quantitative estimate of drug-likeness (QED) is 0.862. The largest absolute Gasteiger partial charge is 0.493 e. The summed E-state index contributed by atoms with van der Waals surface area (Å²) in [5.41, 5.74) is 0.864. The van der Waals surface area contributed by atoms with Gasteiger partial charge in [-0.1, -0.05) is 19.8 Å². The van der Waals surface area contributed by atoms with E-state index in [0.717, 1.165) is 35.7 Å². The van der Waals surface area contributed by atoms with Gasteiger partial charge in [0.15, 0.2) is 11.5 Å². The molecule has 6 heteroatoms. The van der Waals surface area contributed by atoms with E-state index in [1.165, 1.54) is 25.7 Å². The number of ether oxygens (including phenoxy) is 2. The molecule has 1 fully saturated rings. The first-order valence-electron chi connectivity index (χ1n) is 9.06. The van der Waals surface area contributed by atoms with Gasteiger partial charge >= 0.3 is 0 Å². The van der Waals surface area contributed by atoms with Crippen molar-refractivity contribution in [1.29, 1.82) is 0 Å². The van der Waals surface area contributed by atoms with E-state index >= 15 is 0 Å². The van der Waals surface area contributed by atoms with Gasteiger partial charge in [-0.15, -0.1) is 0 Å². The molecule has 3 rings (SSSR count). The summed E-state index contributed by atoms with van der Waals surface area (Å²) in [4.78, 5) is 11.7. The van der Waals surface area contributed by atoms with Crippen molar-refractivity contribution in [3.63, 3.8) is 0 Å². The summed E-state index contributed by atoms with van der Waals surface area (Å²) >= 11 is 0. The fourth-order valence-corrected chi connectivity index (χ4v) is 3.63. The van der Waals surface area contributed by atoms with Crippen molar-refractivity contribution in [2.45, 2.75) is 32.6 Å². The number of nitrogens with zero attached hydrogens (tertiary/aromatic N) is 3. The molecule has 0 unspecified atom stereocenters. The van der Waals surface area contributed by atoms with Crippen molar-refractivity contribution in [3.05, 3.63) is 12.1 Å². The second kappa shape index (κ2) is 7.76. The van der Waals surface area contributed by atoms with Gasteiger partial charge in [-0.25, -0.2) is 4.98 Å². The van der Waals surface area contributed by atoms with Crippen LogP contribution >= 0.6 is 0 Å². The molecule has 2 heterocycles. The zero-order valence-electron chi connectivity index (χ0n) is 15.6. The molecule has 1 N–H and O–H groups in total. The molecule has 1 saturated heterocycles. The molecule has 1 aromatic heterocycles. The first-order chi connectivity index (χ1) is 12.2. The van der Waals surface area contributed by atoms with E-state index in [1.54, 1.807) is 14.2 Å². The van der Waals surface area contributed by atoms with Gasteiger partial charge in [0.25, 0.3) is 0 Å². The van der Waals surface area contributed by atoms with E-state index in [-0.39, 0.29) is 0 Å². The molecule has 0 saturated carbocycles. The van der Waals surface area contributed by atoms with Crippen LogP contribution in [0.1, 0.15) is 32.6 Å². The van der Waals surface area contributed by atoms with Crippen LogP contribution in [0, 0.1) is 5.92 Å². The number of hydrogen-bond acceptors (Lipinski definition) is 6. The Labute approximate surface area is 149 Å². The summed E-state index contributed by atoms with van der Waals surface area (Å²) in [5, 5.41) is 4.08. The van der Waals surface area contributed by atoms with E-state index in [1.807, 2.05) is 19.2 Å². The van der Waals surface area contributed by atoms with Crippen molar-refractivity contribution >= 4 is 22.7 Å². The number of aromatic nitrogens is 2. The summed E-state index contributed by atoms with van der Waals surface area (Å²) in [6.07, 6.45) is 5.04.